The Kier molecular flexibility index (Phi) is 4.53. The number of benzene rings is 1. The Hall–Kier alpha value is -1.70. The molecule has 2 rings (SSSR count). The third-order valence-electron chi connectivity index (χ3n) is 2.86. The lowest BCUT2D eigenvalue weighted by atomic mass is 10.2. The molecule has 7 heteroatoms. The van der Waals surface area contributed by atoms with Crippen molar-refractivity contribution in [3.8, 4) is 0 Å². The molecule has 0 unspecified atom stereocenters. The van der Waals surface area contributed by atoms with Gasteiger partial charge in [-0.1, -0.05) is 29.8 Å². The standard InChI is InChI=1S/C13H18N4O2S/c1-11-2-4-12(5-3-11)8-16-20(18,19)13-9-15-17(10-13)7-6-14/h2-5,9-10,16H,6-8,14H2,1H3. The van der Waals surface area contributed by atoms with Gasteiger partial charge in [0.15, 0.2) is 0 Å². The topological polar surface area (TPSA) is 90.0 Å². The first kappa shape index (κ1) is 14.7. The van der Waals surface area contributed by atoms with E-state index in [1.807, 2.05) is 31.2 Å². The average molecular weight is 294 g/mol. The van der Waals surface area contributed by atoms with E-state index in [0.717, 1.165) is 11.1 Å². The molecule has 1 aromatic carbocycles. The predicted octanol–water partition coefficient (Wildman–Crippen LogP) is 0.629. The minimum absolute atomic E-state index is 0.151. The molecule has 0 aliphatic rings. The van der Waals surface area contributed by atoms with Gasteiger partial charge in [0.25, 0.3) is 0 Å². The third-order valence-corrected chi connectivity index (χ3v) is 4.22. The Balaban J connectivity index is 2.04. The number of nitrogens with one attached hydrogen (secondary N) is 1. The van der Waals surface area contributed by atoms with Gasteiger partial charge in [-0.15, -0.1) is 0 Å². The van der Waals surface area contributed by atoms with E-state index in [1.54, 1.807) is 0 Å². The van der Waals surface area contributed by atoms with E-state index in [4.69, 9.17) is 5.73 Å². The Morgan fingerprint density at radius 2 is 2.00 bits per heavy atom. The van der Waals surface area contributed by atoms with Gasteiger partial charge in [0, 0.05) is 19.3 Å². The molecule has 0 aliphatic carbocycles. The van der Waals surface area contributed by atoms with Gasteiger partial charge in [-0.2, -0.15) is 5.10 Å². The largest absolute Gasteiger partial charge is 0.329 e. The first-order valence-electron chi connectivity index (χ1n) is 6.29. The van der Waals surface area contributed by atoms with Gasteiger partial charge in [0.05, 0.1) is 12.7 Å². The fourth-order valence-electron chi connectivity index (χ4n) is 1.71. The summed E-state index contributed by atoms with van der Waals surface area (Å²) in [4.78, 5) is 0.151. The molecule has 0 spiro atoms. The Morgan fingerprint density at radius 3 is 2.65 bits per heavy atom. The van der Waals surface area contributed by atoms with E-state index >= 15 is 0 Å². The van der Waals surface area contributed by atoms with Gasteiger partial charge in [0.2, 0.25) is 10.0 Å². The van der Waals surface area contributed by atoms with Crippen LogP contribution in [0.4, 0.5) is 0 Å². The lowest BCUT2D eigenvalue weighted by Gasteiger charge is -2.05. The molecule has 1 aromatic heterocycles. The van der Waals surface area contributed by atoms with E-state index in [2.05, 4.69) is 9.82 Å². The molecule has 3 N–H and O–H groups in total. The smallest absolute Gasteiger partial charge is 0.243 e. The monoisotopic (exact) mass is 294 g/mol. The van der Waals surface area contributed by atoms with Crippen molar-refractivity contribution in [1.82, 2.24) is 14.5 Å². The molecule has 0 amide bonds. The summed E-state index contributed by atoms with van der Waals surface area (Å²) in [6.07, 6.45) is 2.80. The Bertz CT molecular complexity index is 662. The number of aromatic nitrogens is 2. The summed E-state index contributed by atoms with van der Waals surface area (Å²) in [7, 11) is -3.54. The molecule has 0 radical (unpaired) electrons. The predicted molar refractivity (Wildman–Crippen MR) is 76.5 cm³/mol. The van der Waals surface area contributed by atoms with Crippen molar-refractivity contribution >= 4 is 10.0 Å². The highest BCUT2D eigenvalue weighted by Gasteiger charge is 2.15. The quantitative estimate of drug-likeness (QED) is 0.817. The molecule has 0 atom stereocenters. The van der Waals surface area contributed by atoms with E-state index in [9.17, 15) is 8.42 Å². The number of nitrogens with zero attached hydrogens (tertiary/aromatic N) is 2. The summed E-state index contributed by atoms with van der Waals surface area (Å²) < 4.78 is 28.3. The number of aryl methyl sites for hydroxylation is 1. The van der Waals surface area contributed by atoms with Crippen LogP contribution in [0.15, 0.2) is 41.6 Å². The van der Waals surface area contributed by atoms with Crippen LogP contribution in [0, 0.1) is 6.92 Å². The summed E-state index contributed by atoms with van der Waals surface area (Å²) >= 11 is 0. The van der Waals surface area contributed by atoms with Gasteiger partial charge in [-0.25, -0.2) is 13.1 Å². The van der Waals surface area contributed by atoms with E-state index in [-0.39, 0.29) is 11.4 Å². The third kappa shape index (κ3) is 3.66. The first-order valence-corrected chi connectivity index (χ1v) is 7.77. The molecule has 2 aromatic rings. The fourth-order valence-corrected chi connectivity index (χ4v) is 2.68. The molecule has 108 valence electrons. The second-order valence-electron chi connectivity index (χ2n) is 4.54. The lowest BCUT2D eigenvalue weighted by Crippen LogP contribution is -2.23. The number of nitrogens with two attached hydrogens (primary N) is 1. The first-order chi connectivity index (χ1) is 9.51. The second-order valence-corrected chi connectivity index (χ2v) is 6.30. The average Bonchev–Trinajstić information content (AvgIpc) is 2.88. The SMILES string of the molecule is Cc1ccc(CNS(=O)(=O)c2cnn(CCN)c2)cc1. The lowest BCUT2D eigenvalue weighted by molar-refractivity contribution is 0.580. The Labute approximate surface area is 118 Å². The van der Waals surface area contributed by atoms with Crippen LogP contribution < -0.4 is 10.5 Å². The number of rotatable bonds is 6. The number of hydrogen-bond acceptors (Lipinski definition) is 4. The summed E-state index contributed by atoms with van der Waals surface area (Å²) in [5.74, 6) is 0. The Morgan fingerprint density at radius 1 is 1.30 bits per heavy atom. The summed E-state index contributed by atoms with van der Waals surface area (Å²) in [5, 5.41) is 3.96. The highest BCUT2D eigenvalue weighted by Crippen LogP contribution is 2.09. The summed E-state index contributed by atoms with van der Waals surface area (Å²) in [6, 6.07) is 7.69. The number of sulfonamides is 1. The van der Waals surface area contributed by atoms with Crippen LogP contribution in [0.1, 0.15) is 11.1 Å². The normalized spacial score (nSPS) is 11.7. The van der Waals surface area contributed by atoms with Crippen molar-refractivity contribution in [2.75, 3.05) is 6.54 Å². The van der Waals surface area contributed by atoms with E-state index in [0.29, 0.717) is 13.1 Å². The van der Waals surface area contributed by atoms with Gasteiger partial charge >= 0.3 is 0 Å². The highest BCUT2D eigenvalue weighted by atomic mass is 32.2. The van der Waals surface area contributed by atoms with Crippen molar-refractivity contribution < 1.29 is 8.42 Å². The van der Waals surface area contributed by atoms with Crippen LogP contribution in [0.25, 0.3) is 0 Å². The molecular formula is C13H18N4O2S. The van der Waals surface area contributed by atoms with Crippen molar-refractivity contribution in [3.63, 3.8) is 0 Å². The molecule has 1 heterocycles. The summed E-state index contributed by atoms with van der Waals surface area (Å²) in [5.41, 5.74) is 7.45. The van der Waals surface area contributed by atoms with E-state index in [1.165, 1.54) is 17.1 Å². The van der Waals surface area contributed by atoms with Crippen LogP contribution in [-0.2, 0) is 23.1 Å². The van der Waals surface area contributed by atoms with Crippen molar-refractivity contribution in [2.45, 2.75) is 24.9 Å². The summed E-state index contributed by atoms with van der Waals surface area (Å²) in [6.45, 7) is 3.15. The minimum atomic E-state index is -3.54. The molecular weight excluding hydrogens is 276 g/mol. The number of hydrogen-bond donors (Lipinski definition) is 2. The van der Waals surface area contributed by atoms with Crippen molar-refractivity contribution in [2.24, 2.45) is 5.73 Å². The molecule has 0 fully saturated rings. The van der Waals surface area contributed by atoms with Gasteiger partial charge in [-0.05, 0) is 12.5 Å². The second kappa shape index (κ2) is 6.17. The molecule has 0 bridgehead atoms. The van der Waals surface area contributed by atoms with Crippen LogP contribution >= 0.6 is 0 Å². The van der Waals surface area contributed by atoms with Gasteiger partial charge < -0.3 is 5.73 Å². The van der Waals surface area contributed by atoms with Crippen molar-refractivity contribution in [1.29, 1.82) is 0 Å². The zero-order chi connectivity index (χ0) is 14.6. The maximum absolute atomic E-state index is 12.1. The molecule has 0 aliphatic heterocycles. The van der Waals surface area contributed by atoms with Crippen LogP contribution in [0.5, 0.6) is 0 Å². The van der Waals surface area contributed by atoms with Gasteiger partial charge in [0.1, 0.15) is 4.90 Å². The molecule has 20 heavy (non-hydrogen) atoms. The highest BCUT2D eigenvalue weighted by molar-refractivity contribution is 7.89. The molecule has 0 saturated heterocycles. The molecule has 0 saturated carbocycles. The minimum Gasteiger partial charge on any atom is -0.329 e. The van der Waals surface area contributed by atoms with Crippen molar-refractivity contribution in [3.05, 3.63) is 47.8 Å². The zero-order valence-electron chi connectivity index (χ0n) is 11.3. The maximum atomic E-state index is 12.1. The van der Waals surface area contributed by atoms with Crippen LogP contribution in [0.2, 0.25) is 0 Å². The van der Waals surface area contributed by atoms with Crippen LogP contribution in [0.3, 0.4) is 0 Å². The maximum Gasteiger partial charge on any atom is 0.243 e. The van der Waals surface area contributed by atoms with Gasteiger partial charge in [-0.3, -0.25) is 4.68 Å². The fraction of sp³-hybridized carbons (Fsp3) is 0.308. The van der Waals surface area contributed by atoms with E-state index < -0.39 is 10.0 Å². The zero-order valence-corrected chi connectivity index (χ0v) is 12.1. The van der Waals surface area contributed by atoms with Crippen LogP contribution in [-0.4, -0.2) is 24.7 Å². The molecule has 6 nitrogen and oxygen atoms in total.